The molecule has 0 radical (unpaired) electrons. The number of aliphatic hydroxyl groups is 7. The number of esters is 2. The first-order chi connectivity index (χ1) is 23.1. The molecule has 3 heterocycles. The molecule has 11 atom stereocenters. The summed E-state index contributed by atoms with van der Waals surface area (Å²) in [4.78, 5) is 22.7. The molecule has 0 saturated carbocycles. The molecular formula is C31H37O18+. The van der Waals surface area contributed by atoms with Gasteiger partial charge < -0.3 is 79.1 Å². The number of rotatable bonds is 9. The van der Waals surface area contributed by atoms with E-state index in [1.165, 1.54) is 30.3 Å². The molecule has 3 aliphatic heterocycles. The predicted molar refractivity (Wildman–Crippen MR) is 159 cm³/mol. The Bertz CT molecular complexity index is 1560. The summed E-state index contributed by atoms with van der Waals surface area (Å²) in [5.41, 5.74) is 0.319. The maximum absolute atomic E-state index is 11.4. The van der Waals surface area contributed by atoms with E-state index in [9.17, 15) is 55.5 Å². The molecule has 5 rings (SSSR count). The van der Waals surface area contributed by atoms with Crippen molar-refractivity contribution in [2.24, 2.45) is 0 Å². The maximum atomic E-state index is 11.4. The molecule has 0 aliphatic carbocycles. The van der Waals surface area contributed by atoms with Gasteiger partial charge in [-0.15, -0.1) is 0 Å². The third-order valence-corrected chi connectivity index (χ3v) is 7.98. The van der Waals surface area contributed by atoms with Crippen molar-refractivity contribution < 1.29 is 88.7 Å². The number of phenolic OH excluding ortho intramolecular Hbond substituents is 3. The monoisotopic (exact) mass is 697 g/mol. The van der Waals surface area contributed by atoms with Crippen molar-refractivity contribution in [3.63, 3.8) is 0 Å². The maximum Gasteiger partial charge on any atom is 0.302 e. The Morgan fingerprint density at radius 2 is 1.27 bits per heavy atom. The number of phenols is 3. The summed E-state index contributed by atoms with van der Waals surface area (Å²) < 4.78 is 37.5. The first kappa shape index (κ1) is 35.9. The zero-order valence-electron chi connectivity index (χ0n) is 26.0. The number of aromatic hydroxyl groups is 4. The second kappa shape index (κ2) is 14.6. The van der Waals surface area contributed by atoms with Crippen molar-refractivity contribution >= 4 is 18.0 Å². The number of carbonyl (C=O) groups excluding carboxylic acids is 2. The number of hydrogen-bond acceptors (Lipinski definition) is 17. The third kappa shape index (κ3) is 7.76. The molecule has 2 aromatic rings. The van der Waals surface area contributed by atoms with Crippen LogP contribution in [0.25, 0.3) is 6.08 Å². The Labute approximate surface area is 277 Å². The lowest BCUT2D eigenvalue weighted by atomic mass is 9.98. The van der Waals surface area contributed by atoms with Crippen molar-refractivity contribution in [3.8, 4) is 28.7 Å². The molecule has 18 heteroatoms. The van der Waals surface area contributed by atoms with Gasteiger partial charge in [-0.05, 0) is 18.2 Å². The minimum absolute atomic E-state index is 0.0653. The van der Waals surface area contributed by atoms with Crippen LogP contribution in [0.3, 0.4) is 0 Å². The van der Waals surface area contributed by atoms with Gasteiger partial charge in [0.2, 0.25) is 12.6 Å². The van der Waals surface area contributed by atoms with Gasteiger partial charge in [-0.2, -0.15) is 0 Å². The lowest BCUT2D eigenvalue weighted by Crippen LogP contribution is -2.60. The number of ether oxygens (including phenoxy) is 7. The van der Waals surface area contributed by atoms with Gasteiger partial charge in [0.25, 0.3) is 11.9 Å². The Morgan fingerprint density at radius 1 is 0.714 bits per heavy atom. The van der Waals surface area contributed by atoms with E-state index in [-0.39, 0.29) is 34.1 Å². The van der Waals surface area contributed by atoms with Gasteiger partial charge in [0.05, 0.1) is 11.6 Å². The average molecular weight is 698 g/mol. The number of hydrogen-bond donors (Lipinski definition) is 9. The SMILES string of the molecule is CC(=O)OC[C@H]1O[C@@H](Oc2cc(O)cc3c2C=C(O[C@@H]2O[C@H](COC(C)=O)[C@@H](O)[C@@H](O)[C@H]2O)C(c2ccc(O)c(O)c2)[OH+]3)[C@@H](O)[C@@H](O)[C@@H]1O. The van der Waals surface area contributed by atoms with Gasteiger partial charge in [-0.1, -0.05) is 0 Å². The topological polar surface area (TPSA) is 284 Å². The molecule has 0 amide bonds. The van der Waals surface area contributed by atoms with E-state index < -0.39 is 104 Å². The molecule has 49 heavy (non-hydrogen) atoms. The number of benzene rings is 2. The molecule has 268 valence electrons. The highest BCUT2D eigenvalue weighted by molar-refractivity contribution is 5.70. The van der Waals surface area contributed by atoms with E-state index in [1.807, 2.05) is 0 Å². The average Bonchev–Trinajstić information content (AvgIpc) is 3.05. The van der Waals surface area contributed by atoms with Crippen LogP contribution in [-0.4, -0.2) is 137 Å². The second-order valence-corrected chi connectivity index (χ2v) is 11.6. The summed E-state index contributed by atoms with van der Waals surface area (Å²) >= 11 is 0. The van der Waals surface area contributed by atoms with E-state index in [0.29, 0.717) is 0 Å². The van der Waals surface area contributed by atoms with Crippen molar-refractivity contribution in [3.05, 3.63) is 47.2 Å². The van der Waals surface area contributed by atoms with Gasteiger partial charge in [-0.3, -0.25) is 9.59 Å². The molecule has 0 aromatic heterocycles. The van der Waals surface area contributed by atoms with Crippen LogP contribution < -0.4 is 4.74 Å². The summed E-state index contributed by atoms with van der Waals surface area (Å²) in [6.07, 6.45) is -16.5. The van der Waals surface area contributed by atoms with E-state index in [1.54, 1.807) is 0 Å². The van der Waals surface area contributed by atoms with Crippen LogP contribution in [0.2, 0.25) is 0 Å². The lowest BCUT2D eigenvalue weighted by molar-refractivity contribution is -0.296. The van der Waals surface area contributed by atoms with E-state index in [4.69, 9.17) is 28.4 Å². The Hall–Kier alpha value is -4.40. The minimum atomic E-state index is -1.84. The molecule has 0 bridgehead atoms. The highest BCUT2D eigenvalue weighted by Crippen LogP contribution is 2.47. The summed E-state index contributed by atoms with van der Waals surface area (Å²) in [5, 5.41) is 93.9. The van der Waals surface area contributed by atoms with Crippen LogP contribution in [0.1, 0.15) is 31.1 Å². The molecule has 2 saturated heterocycles. The standard InChI is InChI=1S/C31H36O18/c1-11(32)43-9-21-23(37)25(39)27(41)30(48-21)46-19-7-14(34)6-18-15(19)8-20(29(45-18)13-3-4-16(35)17(36)5-13)47-31-28(42)26(40)24(38)22(49-31)10-44-12(2)33/h3-8,21-31,34-42H,9-10H2,1-2H3/p+1/t21-,22-,23-,24-,25+,26-,27+,28-,29?,30-,31-/m1/s1. The molecule has 1 unspecified atom stereocenters. The fourth-order valence-electron chi connectivity index (χ4n) is 5.38. The molecule has 0 spiro atoms. The first-order valence-corrected chi connectivity index (χ1v) is 14.9. The Kier molecular flexibility index (Phi) is 10.7. The summed E-state index contributed by atoms with van der Waals surface area (Å²) in [6, 6.07) is 6.11. The Balaban J connectivity index is 1.51. The van der Waals surface area contributed by atoms with Crippen LogP contribution in [0.15, 0.2) is 36.1 Å². The molecule has 18 nitrogen and oxygen atoms in total. The first-order valence-electron chi connectivity index (χ1n) is 14.9. The molecule has 2 fully saturated rings. The van der Waals surface area contributed by atoms with Crippen LogP contribution >= 0.6 is 0 Å². The number of fused-ring (bicyclic) bond motifs is 1. The van der Waals surface area contributed by atoms with E-state index in [0.717, 1.165) is 19.9 Å². The molecular weight excluding hydrogens is 660 g/mol. The van der Waals surface area contributed by atoms with Gasteiger partial charge >= 0.3 is 11.9 Å². The highest BCUT2D eigenvalue weighted by atomic mass is 16.7. The zero-order valence-corrected chi connectivity index (χ0v) is 26.0. The zero-order chi connectivity index (χ0) is 35.7. The summed E-state index contributed by atoms with van der Waals surface area (Å²) in [6.45, 7) is 1.25. The number of aliphatic hydroxyl groups excluding tert-OH is 6. The third-order valence-electron chi connectivity index (χ3n) is 7.98. The quantitative estimate of drug-likeness (QED) is 0.0800. The smallest absolute Gasteiger partial charge is 0.302 e. The fourth-order valence-corrected chi connectivity index (χ4v) is 5.38. The van der Waals surface area contributed by atoms with Crippen molar-refractivity contribution in [2.75, 3.05) is 13.2 Å². The highest BCUT2D eigenvalue weighted by Gasteiger charge is 2.48. The largest absolute Gasteiger partial charge is 0.571 e. The molecule has 10 N–H and O–H groups in total. The predicted octanol–water partition coefficient (Wildman–Crippen LogP) is -1.72. The number of carbonyl (C=O) groups is 2. The van der Waals surface area contributed by atoms with Crippen LogP contribution in [0.5, 0.6) is 28.7 Å². The van der Waals surface area contributed by atoms with Crippen LogP contribution in [-0.2, 0) is 33.3 Å². The molecule has 3 aliphatic rings. The van der Waals surface area contributed by atoms with Crippen molar-refractivity contribution in [1.29, 1.82) is 0 Å². The van der Waals surface area contributed by atoms with Gasteiger partial charge in [0.15, 0.2) is 17.3 Å². The van der Waals surface area contributed by atoms with Gasteiger partial charge in [0, 0.05) is 26.0 Å². The van der Waals surface area contributed by atoms with Crippen LogP contribution in [0.4, 0.5) is 0 Å². The van der Waals surface area contributed by atoms with Gasteiger partial charge in [-0.25, -0.2) is 0 Å². The van der Waals surface area contributed by atoms with E-state index >= 15 is 0 Å². The summed E-state index contributed by atoms with van der Waals surface area (Å²) in [7, 11) is 0. The summed E-state index contributed by atoms with van der Waals surface area (Å²) in [5.74, 6) is -2.98. The van der Waals surface area contributed by atoms with Crippen molar-refractivity contribution in [1.82, 2.24) is 0 Å². The molecule has 2 aromatic carbocycles. The fraction of sp³-hybridized carbons (Fsp3) is 0.484. The van der Waals surface area contributed by atoms with E-state index in [2.05, 4.69) is 4.74 Å². The van der Waals surface area contributed by atoms with Gasteiger partial charge in [0.1, 0.15) is 79.1 Å². The lowest BCUT2D eigenvalue weighted by Gasteiger charge is -2.41. The normalized spacial score (nSPS) is 32.6. The van der Waals surface area contributed by atoms with Crippen LogP contribution in [0, 0.1) is 0 Å². The minimum Gasteiger partial charge on any atom is -0.571 e. The Morgan fingerprint density at radius 3 is 1.80 bits per heavy atom. The van der Waals surface area contributed by atoms with Crippen molar-refractivity contribution in [2.45, 2.75) is 81.4 Å². The second-order valence-electron chi connectivity index (χ2n) is 11.6.